The van der Waals surface area contributed by atoms with E-state index >= 15 is 0 Å². The van der Waals surface area contributed by atoms with Crippen molar-refractivity contribution in [2.24, 2.45) is 5.92 Å². The van der Waals surface area contributed by atoms with Crippen LogP contribution < -0.4 is 0 Å². The van der Waals surface area contributed by atoms with Gasteiger partial charge in [-0.3, -0.25) is 9.59 Å². The molecular formula is C19H27ClN4O4S. The zero-order valence-corrected chi connectivity index (χ0v) is 18.3. The van der Waals surface area contributed by atoms with Gasteiger partial charge in [-0.1, -0.05) is 11.6 Å². The fraction of sp³-hybridized carbons (Fsp3) is 0.579. The van der Waals surface area contributed by atoms with E-state index in [0.29, 0.717) is 62.7 Å². The van der Waals surface area contributed by atoms with Crippen molar-refractivity contribution < 1.29 is 18.0 Å². The Morgan fingerprint density at radius 2 is 1.48 bits per heavy atom. The van der Waals surface area contributed by atoms with Gasteiger partial charge in [0, 0.05) is 69.9 Å². The minimum atomic E-state index is -3.44. The third kappa shape index (κ3) is 4.91. The van der Waals surface area contributed by atoms with E-state index in [9.17, 15) is 18.0 Å². The van der Waals surface area contributed by atoms with Crippen LogP contribution in [0.3, 0.4) is 0 Å². The molecule has 2 amide bonds. The molecule has 3 rings (SSSR count). The lowest BCUT2D eigenvalue weighted by molar-refractivity contribution is -0.138. The van der Waals surface area contributed by atoms with Crippen molar-refractivity contribution in [3.63, 3.8) is 0 Å². The molecule has 0 spiro atoms. The van der Waals surface area contributed by atoms with E-state index in [1.165, 1.54) is 22.7 Å². The summed E-state index contributed by atoms with van der Waals surface area (Å²) in [7, 11) is -0.432. The lowest BCUT2D eigenvalue weighted by Crippen LogP contribution is -2.54. The Bertz CT molecular complexity index is 843. The van der Waals surface area contributed by atoms with Crippen molar-refractivity contribution in [1.82, 2.24) is 18.4 Å². The van der Waals surface area contributed by atoms with Gasteiger partial charge in [0.25, 0.3) is 16.1 Å². The van der Waals surface area contributed by atoms with Gasteiger partial charge in [0.2, 0.25) is 5.91 Å². The molecule has 0 radical (unpaired) electrons. The monoisotopic (exact) mass is 442 g/mol. The van der Waals surface area contributed by atoms with Crippen LogP contribution in [0.1, 0.15) is 23.2 Å². The first-order chi connectivity index (χ1) is 13.7. The number of hydrogen-bond donors (Lipinski definition) is 0. The number of amides is 2. The third-order valence-corrected chi connectivity index (χ3v) is 7.75. The van der Waals surface area contributed by atoms with E-state index in [1.54, 1.807) is 34.1 Å². The van der Waals surface area contributed by atoms with Crippen LogP contribution in [0.2, 0.25) is 5.02 Å². The number of piperidine rings is 1. The van der Waals surface area contributed by atoms with Crippen LogP contribution in [0.5, 0.6) is 0 Å². The number of hydrogen-bond acceptors (Lipinski definition) is 4. The molecule has 0 aliphatic carbocycles. The number of halogens is 1. The van der Waals surface area contributed by atoms with Crippen LogP contribution in [0.25, 0.3) is 0 Å². The Morgan fingerprint density at radius 1 is 0.931 bits per heavy atom. The van der Waals surface area contributed by atoms with E-state index in [1.807, 2.05) is 0 Å². The Morgan fingerprint density at radius 3 is 2.00 bits per heavy atom. The second-order valence-corrected chi connectivity index (χ2v) is 10.2. The number of carbonyl (C=O) groups is 2. The summed E-state index contributed by atoms with van der Waals surface area (Å²) in [5, 5.41) is 0.587. The van der Waals surface area contributed by atoms with Crippen LogP contribution in [0.15, 0.2) is 24.3 Å². The van der Waals surface area contributed by atoms with Crippen molar-refractivity contribution in [3.05, 3.63) is 34.9 Å². The molecule has 8 nitrogen and oxygen atoms in total. The Labute approximate surface area is 177 Å². The number of nitrogens with zero attached hydrogens (tertiary/aromatic N) is 4. The van der Waals surface area contributed by atoms with E-state index in [-0.39, 0.29) is 17.7 Å². The predicted molar refractivity (Wildman–Crippen MR) is 111 cm³/mol. The van der Waals surface area contributed by atoms with Crippen LogP contribution in [-0.2, 0) is 15.0 Å². The van der Waals surface area contributed by atoms with Gasteiger partial charge in [-0.25, -0.2) is 0 Å². The average Bonchev–Trinajstić information content (AvgIpc) is 2.73. The fourth-order valence-corrected chi connectivity index (χ4v) is 4.95. The molecule has 2 saturated heterocycles. The zero-order chi connectivity index (χ0) is 21.2. The lowest BCUT2D eigenvalue weighted by atomic mass is 9.94. The predicted octanol–water partition coefficient (Wildman–Crippen LogP) is 1.14. The van der Waals surface area contributed by atoms with Crippen molar-refractivity contribution in [3.8, 4) is 0 Å². The highest BCUT2D eigenvalue weighted by atomic mass is 35.5. The van der Waals surface area contributed by atoms with Gasteiger partial charge in [0.15, 0.2) is 0 Å². The lowest BCUT2D eigenvalue weighted by Gasteiger charge is -2.38. The van der Waals surface area contributed by atoms with Crippen LogP contribution in [-0.4, -0.2) is 92.0 Å². The average molecular weight is 443 g/mol. The highest BCUT2D eigenvalue weighted by Gasteiger charge is 2.34. The number of rotatable bonds is 4. The quantitative estimate of drug-likeness (QED) is 0.700. The highest BCUT2D eigenvalue weighted by Crippen LogP contribution is 2.23. The zero-order valence-electron chi connectivity index (χ0n) is 16.8. The minimum absolute atomic E-state index is 0.0462. The van der Waals surface area contributed by atoms with Crippen LogP contribution >= 0.6 is 11.6 Å². The first kappa shape index (κ1) is 22.0. The molecule has 2 aliphatic rings. The SMILES string of the molecule is CN(C)S(=O)(=O)N1CCN(C(=O)C2CCN(C(=O)c3ccc(Cl)cc3)CC2)CC1. The standard InChI is InChI=1S/C19H27ClN4O4S/c1-21(2)29(27,28)24-13-11-23(12-14-24)19(26)16-7-9-22(10-8-16)18(25)15-3-5-17(20)6-4-15/h3-6,16H,7-14H2,1-2H3. The molecule has 1 aromatic rings. The van der Waals surface area contributed by atoms with Crippen molar-refractivity contribution in [2.45, 2.75) is 12.8 Å². The van der Waals surface area contributed by atoms with E-state index < -0.39 is 10.2 Å². The maximum atomic E-state index is 12.9. The first-order valence-corrected chi connectivity index (χ1v) is 11.5. The van der Waals surface area contributed by atoms with Gasteiger partial charge in [-0.15, -0.1) is 0 Å². The van der Waals surface area contributed by atoms with Crippen molar-refractivity contribution >= 4 is 33.6 Å². The number of carbonyl (C=O) groups excluding carboxylic acids is 2. The Balaban J connectivity index is 1.50. The molecule has 10 heteroatoms. The maximum absolute atomic E-state index is 12.9. The number of likely N-dealkylation sites (tertiary alicyclic amines) is 1. The number of piperazine rings is 1. The van der Waals surface area contributed by atoms with Crippen LogP contribution in [0.4, 0.5) is 0 Å². The molecule has 0 unspecified atom stereocenters. The summed E-state index contributed by atoms with van der Waals surface area (Å²) < 4.78 is 27.0. The first-order valence-electron chi connectivity index (χ1n) is 9.71. The van der Waals surface area contributed by atoms with Crippen molar-refractivity contribution in [1.29, 1.82) is 0 Å². The summed E-state index contributed by atoms with van der Waals surface area (Å²) in [6, 6.07) is 6.81. The van der Waals surface area contributed by atoms with E-state index in [0.717, 1.165) is 0 Å². The van der Waals surface area contributed by atoms with Crippen LogP contribution in [0, 0.1) is 5.92 Å². The van der Waals surface area contributed by atoms with Gasteiger partial charge in [-0.2, -0.15) is 17.0 Å². The van der Waals surface area contributed by atoms with Gasteiger partial charge in [0.05, 0.1) is 0 Å². The molecule has 1 aromatic carbocycles. The molecule has 2 heterocycles. The van der Waals surface area contributed by atoms with Gasteiger partial charge < -0.3 is 9.80 Å². The molecule has 29 heavy (non-hydrogen) atoms. The molecule has 0 aromatic heterocycles. The van der Waals surface area contributed by atoms with E-state index in [2.05, 4.69) is 0 Å². The second kappa shape index (κ2) is 8.99. The summed E-state index contributed by atoms with van der Waals surface area (Å²) in [4.78, 5) is 29.0. The summed E-state index contributed by atoms with van der Waals surface area (Å²) >= 11 is 5.87. The molecule has 2 fully saturated rings. The topological polar surface area (TPSA) is 81.2 Å². The summed E-state index contributed by atoms with van der Waals surface area (Å²) in [6.45, 7) is 2.48. The van der Waals surface area contributed by atoms with Crippen molar-refractivity contribution in [2.75, 3.05) is 53.4 Å². The van der Waals surface area contributed by atoms with Gasteiger partial charge in [0.1, 0.15) is 0 Å². The Kier molecular flexibility index (Phi) is 6.83. The third-order valence-electron chi connectivity index (χ3n) is 5.56. The summed E-state index contributed by atoms with van der Waals surface area (Å²) in [5.41, 5.74) is 0.595. The summed E-state index contributed by atoms with van der Waals surface area (Å²) in [5.74, 6) is -0.109. The largest absolute Gasteiger partial charge is 0.340 e. The normalized spacial score (nSPS) is 19.6. The minimum Gasteiger partial charge on any atom is -0.340 e. The molecular weight excluding hydrogens is 416 g/mol. The molecule has 2 aliphatic heterocycles. The van der Waals surface area contributed by atoms with E-state index in [4.69, 9.17) is 11.6 Å². The smallest absolute Gasteiger partial charge is 0.281 e. The molecule has 0 atom stereocenters. The van der Waals surface area contributed by atoms with Gasteiger partial charge >= 0.3 is 0 Å². The molecule has 0 N–H and O–H groups in total. The summed E-state index contributed by atoms with van der Waals surface area (Å²) in [6.07, 6.45) is 1.24. The number of benzene rings is 1. The van der Waals surface area contributed by atoms with Gasteiger partial charge in [-0.05, 0) is 37.1 Å². The maximum Gasteiger partial charge on any atom is 0.281 e. The highest BCUT2D eigenvalue weighted by molar-refractivity contribution is 7.86. The molecule has 0 saturated carbocycles. The molecule has 160 valence electrons. The molecule has 0 bridgehead atoms. The Hall–Kier alpha value is -1.68. The second-order valence-electron chi connectivity index (χ2n) is 7.59. The fourth-order valence-electron chi connectivity index (χ4n) is 3.73.